The number of ether oxygens (including phenoxy) is 3. The van der Waals surface area contributed by atoms with E-state index < -0.39 is 177 Å². The molecule has 9 fully saturated rings. The van der Waals surface area contributed by atoms with Crippen molar-refractivity contribution in [2.45, 2.75) is 241 Å². The fourth-order valence-corrected chi connectivity index (χ4v) is 17.0. The van der Waals surface area contributed by atoms with Crippen molar-refractivity contribution in [3.63, 3.8) is 0 Å². The molecule has 0 amide bonds. The van der Waals surface area contributed by atoms with Crippen LogP contribution in [0.4, 0.5) is 136 Å². The number of carbonyl (C=O) groups is 1. The largest absolute Gasteiger partial charge is 0.438 e. The van der Waals surface area contributed by atoms with Gasteiger partial charge in [0.15, 0.2) is 5.41 Å². The minimum Gasteiger partial charge on any atom is -0.438 e. The summed E-state index contributed by atoms with van der Waals surface area (Å²) >= 11 is 0. The van der Waals surface area contributed by atoms with Crippen molar-refractivity contribution >= 4 is 5.97 Å². The molecule has 9 aliphatic rings. The molecule has 11 atom stereocenters. The van der Waals surface area contributed by atoms with E-state index >= 15 is 0 Å². The van der Waals surface area contributed by atoms with Gasteiger partial charge in [0.25, 0.3) is 16.8 Å². The number of aliphatic hydroxyl groups is 2. The predicted molar refractivity (Wildman–Crippen MR) is 279 cm³/mol. The maximum atomic E-state index is 14.1. The van der Waals surface area contributed by atoms with E-state index in [-0.39, 0.29) is 49.1 Å². The Kier molecular flexibility index (Phi) is 27.8. The summed E-state index contributed by atoms with van der Waals surface area (Å²) in [5.41, 5.74) is -24.4. The summed E-state index contributed by atoms with van der Waals surface area (Å²) in [7, 11) is 0.500. The number of halogens is 31. The van der Waals surface area contributed by atoms with Gasteiger partial charge in [0.05, 0.1) is 19.5 Å². The lowest BCUT2D eigenvalue weighted by Gasteiger charge is -2.56. The summed E-state index contributed by atoms with van der Waals surface area (Å²) in [5, 5.41) is 18.7. The molecule has 0 aromatic rings. The van der Waals surface area contributed by atoms with E-state index in [1.807, 2.05) is 20.8 Å². The van der Waals surface area contributed by atoms with Gasteiger partial charge in [-0.3, -0.25) is 13.6 Å². The SMILES string of the molecule is CC1C2CC(CC(O)(C(F)(F)F)C(F)(F)F)C(C2)C1C.CC1C2CC(CC(OCOC34CC5CC(CC(C5)C3)C4)(C(F)(F)F)C(F)(F)F)C(C2)C1C.CCC(C)(C(=O)OC(C1CCC(C(O)(C(F)(F)F)C(F)(F)F)CC1)(C(F)(F)F)C(F)(F)F)C(F)(F)F.CCF.CF.FCF. The molecule has 9 saturated carbocycles. The van der Waals surface area contributed by atoms with Crippen molar-refractivity contribution in [3.05, 3.63) is 0 Å². The van der Waals surface area contributed by atoms with Crippen molar-refractivity contribution in [1.29, 1.82) is 0 Å². The zero-order valence-electron chi connectivity index (χ0n) is 53.0. The molecule has 8 bridgehead atoms. The minimum atomic E-state index is -6.68. The van der Waals surface area contributed by atoms with E-state index in [1.165, 1.54) is 6.92 Å². The highest BCUT2D eigenvalue weighted by atomic mass is 19.5. The summed E-state index contributed by atoms with van der Waals surface area (Å²) in [6, 6.07) is 0. The second kappa shape index (κ2) is 30.6. The standard InChI is InChI=1S/C24H34F6O2.C18H19F15O3.C13H18F6O.C2H5F.CH2F2.CH3F/c1-13-14(2)20-7-18(13)6-19(20)11-22(23(25,26)27,24(28,29)30)32-12-31-21-8-15-3-16(9-21)5-17(4-15)10-21;1-3-11(2,14(19,20)21)10(34)36-13(17(28,29)30,18(31,32)33)9-6-4-8(5-7-9)12(35,15(22,23)24)16(25,26)27;1-6-7(2)10-4-8(6)3-9(10)5-11(20,12(14,15)16)13(17,18)19;1-2-3;2-1-3;1-2/h13-20H,3-12H2,1-2H3;8-9,35H,3-7H2,1-2H3;6-10,20H,3-5H2,1-2H3;2H2,1H3;1H2;1H3. The van der Waals surface area contributed by atoms with Gasteiger partial charge in [0.1, 0.15) is 6.79 Å². The van der Waals surface area contributed by atoms with E-state index in [1.54, 1.807) is 0 Å². The Balaban J connectivity index is 0.000000366. The zero-order valence-corrected chi connectivity index (χ0v) is 53.0. The lowest BCUT2D eigenvalue weighted by atomic mass is 9.54. The number of rotatable bonds is 13. The number of hydrogen-bond acceptors (Lipinski definition) is 6. The fraction of sp³-hybridized carbons (Fsp3) is 0.983. The molecule has 9 aliphatic carbocycles. The van der Waals surface area contributed by atoms with Gasteiger partial charge in [-0.05, 0) is 200 Å². The van der Waals surface area contributed by atoms with Crippen LogP contribution in [0.3, 0.4) is 0 Å². The molecule has 0 spiro atoms. The van der Waals surface area contributed by atoms with Crippen LogP contribution in [-0.2, 0) is 19.0 Å². The van der Waals surface area contributed by atoms with Crippen LogP contribution >= 0.6 is 0 Å². The van der Waals surface area contributed by atoms with Crippen molar-refractivity contribution in [3.8, 4) is 0 Å². The molecule has 0 aliphatic heterocycles. The van der Waals surface area contributed by atoms with Gasteiger partial charge in [-0.15, -0.1) is 0 Å². The summed E-state index contributed by atoms with van der Waals surface area (Å²) in [6.07, 6.45) is -57.3. The fourth-order valence-electron chi connectivity index (χ4n) is 17.0. The van der Waals surface area contributed by atoms with Crippen LogP contribution in [0, 0.1) is 94.2 Å². The van der Waals surface area contributed by atoms with Gasteiger partial charge in [-0.2, -0.15) is 119 Å². The quantitative estimate of drug-likeness (QED) is 0.109. The van der Waals surface area contributed by atoms with Crippen molar-refractivity contribution < 1.29 is 165 Å². The number of hydrogen-bond donors (Lipinski definition) is 2. The van der Waals surface area contributed by atoms with Crippen molar-refractivity contribution in [2.24, 2.45) is 94.2 Å². The van der Waals surface area contributed by atoms with E-state index in [9.17, 15) is 151 Å². The molecule has 11 unspecified atom stereocenters. The average Bonchev–Trinajstić information content (AvgIpc) is 1.42. The maximum absolute atomic E-state index is 14.1. The Bertz CT molecular complexity index is 2320. The first kappa shape index (κ1) is 87.4. The Morgan fingerprint density at radius 1 is 0.458 bits per heavy atom. The van der Waals surface area contributed by atoms with Crippen LogP contribution in [0.15, 0.2) is 0 Å². The lowest BCUT2D eigenvalue weighted by Crippen LogP contribution is -2.67. The van der Waals surface area contributed by atoms with Gasteiger partial charge in [0.2, 0.25) is 6.93 Å². The molecule has 96 heavy (non-hydrogen) atoms. The summed E-state index contributed by atoms with van der Waals surface area (Å²) in [6.45, 7) is 6.98. The van der Waals surface area contributed by atoms with Gasteiger partial charge in [0, 0.05) is 11.8 Å². The minimum absolute atomic E-state index is 0.0312. The smallest absolute Gasteiger partial charge is 0.437 e. The molecule has 2 N–H and O–H groups in total. The Labute approximate surface area is 533 Å². The van der Waals surface area contributed by atoms with Crippen molar-refractivity contribution in [2.75, 3.05) is 27.6 Å². The molecule has 37 heteroatoms. The first-order valence-electron chi connectivity index (χ1n) is 30.8. The zero-order chi connectivity index (χ0) is 75.0. The topological polar surface area (TPSA) is 85.2 Å². The first-order valence-corrected chi connectivity index (χ1v) is 30.8. The van der Waals surface area contributed by atoms with Crippen LogP contribution in [-0.4, -0.2) is 127 Å². The maximum Gasteiger partial charge on any atom is 0.437 e. The Hall–Kier alpha value is -2.86. The van der Waals surface area contributed by atoms with Gasteiger partial charge in [-0.25, -0.2) is 8.78 Å². The van der Waals surface area contributed by atoms with Crippen LogP contribution in [0.1, 0.15) is 158 Å². The van der Waals surface area contributed by atoms with Crippen molar-refractivity contribution in [1.82, 2.24) is 0 Å². The van der Waals surface area contributed by atoms with Crippen LogP contribution in [0.5, 0.6) is 0 Å². The number of alkyl halides is 31. The molecule has 0 aromatic heterocycles. The summed E-state index contributed by atoms with van der Waals surface area (Å²) in [5.74, 6) is -7.86. The Morgan fingerprint density at radius 3 is 1.06 bits per heavy atom. The summed E-state index contributed by atoms with van der Waals surface area (Å²) in [4.78, 5) is 12.1. The highest BCUT2D eigenvalue weighted by Gasteiger charge is 2.81. The highest BCUT2D eigenvalue weighted by molar-refractivity contribution is 5.78. The van der Waals surface area contributed by atoms with Gasteiger partial charge in [-0.1, -0.05) is 34.6 Å². The highest BCUT2D eigenvalue weighted by Crippen LogP contribution is 2.64. The van der Waals surface area contributed by atoms with E-state index in [4.69, 9.17) is 9.47 Å². The lowest BCUT2D eigenvalue weighted by molar-refractivity contribution is -0.404. The molecule has 0 radical (unpaired) electrons. The second-order valence-corrected chi connectivity index (χ2v) is 27.3. The Morgan fingerprint density at radius 2 is 0.792 bits per heavy atom. The molecular weight excluding hydrogens is 1390 g/mol. The predicted octanol–water partition coefficient (Wildman–Crippen LogP) is 20.8. The monoisotopic (exact) mass is 1470 g/mol. The third-order valence-electron chi connectivity index (χ3n) is 22.3. The van der Waals surface area contributed by atoms with E-state index in [0.717, 1.165) is 44.9 Å². The average molecular weight is 1480 g/mol. The number of esters is 1. The van der Waals surface area contributed by atoms with Crippen LogP contribution < -0.4 is 0 Å². The first-order chi connectivity index (χ1) is 43.2. The van der Waals surface area contributed by atoms with Crippen LogP contribution in [0.25, 0.3) is 0 Å². The normalized spacial score (nSPS) is 32.4. The second-order valence-electron chi connectivity index (χ2n) is 27.3. The molecule has 9 rings (SSSR count). The van der Waals surface area contributed by atoms with Crippen LogP contribution in [0.2, 0.25) is 0 Å². The number of fused-ring (bicyclic) bond motifs is 4. The van der Waals surface area contributed by atoms with E-state index in [0.29, 0.717) is 63.0 Å². The van der Waals surface area contributed by atoms with E-state index in [2.05, 4.69) is 11.7 Å². The third kappa shape index (κ3) is 17.3. The molecule has 570 valence electrons. The molecule has 0 saturated heterocycles. The molecule has 0 aromatic carbocycles. The van der Waals surface area contributed by atoms with Gasteiger partial charge < -0.3 is 24.4 Å². The molecule has 0 heterocycles. The summed E-state index contributed by atoms with van der Waals surface area (Å²) < 4.78 is 415. The molecule has 6 nitrogen and oxygen atoms in total. The third-order valence-corrected chi connectivity index (χ3v) is 22.3. The number of carbonyl (C=O) groups excluding carboxylic acids is 1. The molecular formula is C59H81F31O6. The van der Waals surface area contributed by atoms with Gasteiger partial charge >= 0.3 is 67.2 Å².